The van der Waals surface area contributed by atoms with Crippen molar-refractivity contribution in [3.63, 3.8) is 0 Å². The van der Waals surface area contributed by atoms with E-state index in [9.17, 15) is 0 Å². The van der Waals surface area contributed by atoms with Crippen molar-refractivity contribution < 1.29 is 4.74 Å². The van der Waals surface area contributed by atoms with Gasteiger partial charge in [0.1, 0.15) is 10.8 Å². The summed E-state index contributed by atoms with van der Waals surface area (Å²) in [7, 11) is 3.92. The fraction of sp³-hybridized carbons (Fsp3) is 0.381. The number of methoxy groups -OCH3 is 1. The van der Waals surface area contributed by atoms with Gasteiger partial charge < -0.3 is 15.0 Å². The van der Waals surface area contributed by atoms with E-state index >= 15 is 0 Å². The van der Waals surface area contributed by atoms with E-state index in [4.69, 9.17) is 9.72 Å². The minimum absolute atomic E-state index is 0.0934. The van der Waals surface area contributed by atoms with Crippen LogP contribution in [0.5, 0.6) is 5.75 Å². The first kappa shape index (κ1) is 17.5. The van der Waals surface area contributed by atoms with Crippen molar-refractivity contribution in [2.75, 3.05) is 27.2 Å². The number of nitrogens with one attached hydrogen (secondary N) is 1. The Bertz CT molecular complexity index is 837. The van der Waals surface area contributed by atoms with Crippen LogP contribution in [0.15, 0.2) is 48.5 Å². The van der Waals surface area contributed by atoms with Crippen LogP contribution < -0.4 is 10.1 Å². The molecular weight excluding hydrogens is 342 g/mol. The lowest BCUT2D eigenvalue weighted by atomic mass is 10.0. The molecule has 0 bridgehead atoms. The Balaban J connectivity index is 1.68. The third-order valence-corrected chi connectivity index (χ3v) is 6.21. The number of piperidine rings is 1. The van der Waals surface area contributed by atoms with Crippen LogP contribution in [0.1, 0.15) is 29.5 Å². The Morgan fingerprint density at radius 3 is 2.73 bits per heavy atom. The Hall–Kier alpha value is -1.95. The maximum atomic E-state index is 5.45. The van der Waals surface area contributed by atoms with Gasteiger partial charge in [0.25, 0.3) is 0 Å². The molecule has 4 nitrogen and oxygen atoms in total. The smallest absolute Gasteiger partial charge is 0.119 e. The van der Waals surface area contributed by atoms with Gasteiger partial charge in [-0.2, -0.15) is 0 Å². The van der Waals surface area contributed by atoms with Gasteiger partial charge in [0.15, 0.2) is 0 Å². The Morgan fingerprint density at radius 1 is 1.15 bits per heavy atom. The summed E-state index contributed by atoms with van der Waals surface area (Å²) in [6.45, 7) is 2.28. The van der Waals surface area contributed by atoms with Crippen LogP contribution in [0.4, 0.5) is 0 Å². The van der Waals surface area contributed by atoms with Crippen molar-refractivity contribution in [1.82, 2.24) is 15.2 Å². The second-order valence-electron chi connectivity index (χ2n) is 6.97. The zero-order chi connectivity index (χ0) is 17.9. The van der Waals surface area contributed by atoms with Gasteiger partial charge in [-0.25, -0.2) is 4.98 Å². The number of ether oxygens (including phenoxy) is 1. The average Bonchev–Trinajstić information content (AvgIpc) is 3.11. The van der Waals surface area contributed by atoms with E-state index in [1.165, 1.54) is 23.1 Å². The molecule has 4 rings (SSSR count). The molecular formula is C21H25N3OS. The minimum Gasteiger partial charge on any atom is -0.497 e. The third kappa shape index (κ3) is 3.75. The van der Waals surface area contributed by atoms with Crippen LogP contribution in [-0.2, 0) is 0 Å². The highest BCUT2D eigenvalue weighted by Crippen LogP contribution is 2.32. The Labute approximate surface area is 158 Å². The van der Waals surface area contributed by atoms with Crippen molar-refractivity contribution in [3.05, 3.63) is 59.1 Å². The molecule has 2 aromatic carbocycles. The number of para-hydroxylation sites is 1. The molecule has 26 heavy (non-hydrogen) atoms. The average molecular weight is 368 g/mol. The topological polar surface area (TPSA) is 37.4 Å². The first-order valence-electron chi connectivity index (χ1n) is 9.17. The second-order valence-corrected chi connectivity index (χ2v) is 8.04. The number of likely N-dealkylation sites (tertiary alicyclic amines) is 1. The monoisotopic (exact) mass is 367 g/mol. The van der Waals surface area contributed by atoms with E-state index in [-0.39, 0.29) is 6.04 Å². The molecule has 5 heteroatoms. The predicted octanol–water partition coefficient (Wildman–Crippen LogP) is 4.08. The number of hydrogen-bond donors (Lipinski definition) is 1. The van der Waals surface area contributed by atoms with Gasteiger partial charge in [-0.3, -0.25) is 0 Å². The van der Waals surface area contributed by atoms with Gasteiger partial charge >= 0.3 is 0 Å². The molecule has 1 atom stereocenters. The lowest BCUT2D eigenvalue weighted by Crippen LogP contribution is -2.42. The number of aromatic nitrogens is 1. The predicted molar refractivity (Wildman–Crippen MR) is 108 cm³/mol. The van der Waals surface area contributed by atoms with Crippen LogP contribution in [0, 0.1) is 0 Å². The van der Waals surface area contributed by atoms with Gasteiger partial charge in [0.05, 0.1) is 23.4 Å². The van der Waals surface area contributed by atoms with Gasteiger partial charge in [-0.05, 0) is 62.8 Å². The van der Waals surface area contributed by atoms with Crippen LogP contribution >= 0.6 is 11.3 Å². The quantitative estimate of drug-likeness (QED) is 0.737. The van der Waals surface area contributed by atoms with Gasteiger partial charge in [-0.1, -0.05) is 24.3 Å². The molecule has 0 saturated carbocycles. The molecule has 0 spiro atoms. The van der Waals surface area contributed by atoms with E-state index in [1.807, 2.05) is 6.07 Å². The van der Waals surface area contributed by atoms with Crippen molar-refractivity contribution in [3.8, 4) is 5.75 Å². The van der Waals surface area contributed by atoms with E-state index in [0.717, 1.165) is 29.4 Å². The summed E-state index contributed by atoms with van der Waals surface area (Å²) in [4.78, 5) is 7.33. The Morgan fingerprint density at radius 2 is 1.96 bits per heavy atom. The fourth-order valence-corrected chi connectivity index (χ4v) is 4.61. The number of fused-ring (bicyclic) bond motifs is 1. The largest absolute Gasteiger partial charge is 0.497 e. The number of rotatable bonds is 5. The molecule has 136 valence electrons. The maximum absolute atomic E-state index is 5.45. The maximum Gasteiger partial charge on any atom is 0.119 e. The fourth-order valence-electron chi connectivity index (χ4n) is 3.56. The summed E-state index contributed by atoms with van der Waals surface area (Å²) in [6.07, 6.45) is 2.34. The standard InChI is InChI=1S/C21H25N3OS/c1-24-12-10-16(11-13-24)22-20(15-6-5-7-17(14-15)25-2)21-23-18-8-3-4-9-19(18)26-21/h3-9,14,16,20,22H,10-13H2,1-2H3. The molecule has 1 saturated heterocycles. The molecule has 0 radical (unpaired) electrons. The molecule has 1 aromatic heterocycles. The van der Waals surface area contributed by atoms with Crippen molar-refractivity contribution in [1.29, 1.82) is 0 Å². The third-order valence-electron chi connectivity index (χ3n) is 5.11. The zero-order valence-electron chi connectivity index (χ0n) is 15.3. The van der Waals surface area contributed by atoms with Crippen LogP contribution in [0.3, 0.4) is 0 Å². The minimum atomic E-state index is 0.0934. The van der Waals surface area contributed by atoms with Gasteiger partial charge in [0.2, 0.25) is 0 Å². The van der Waals surface area contributed by atoms with E-state index in [1.54, 1.807) is 18.4 Å². The van der Waals surface area contributed by atoms with E-state index in [2.05, 4.69) is 59.7 Å². The summed E-state index contributed by atoms with van der Waals surface area (Å²) in [6, 6.07) is 17.3. The van der Waals surface area contributed by atoms with Crippen LogP contribution in [-0.4, -0.2) is 43.2 Å². The van der Waals surface area contributed by atoms with E-state index in [0.29, 0.717) is 6.04 Å². The van der Waals surface area contributed by atoms with Crippen molar-refractivity contribution >= 4 is 21.6 Å². The number of thiazole rings is 1. The van der Waals surface area contributed by atoms with Crippen LogP contribution in [0.25, 0.3) is 10.2 Å². The summed E-state index contributed by atoms with van der Waals surface area (Å²) >= 11 is 1.78. The van der Waals surface area contributed by atoms with Gasteiger partial charge in [-0.15, -0.1) is 11.3 Å². The first-order chi connectivity index (χ1) is 12.7. The Kier molecular flexibility index (Phi) is 5.20. The molecule has 2 heterocycles. The number of hydrogen-bond acceptors (Lipinski definition) is 5. The van der Waals surface area contributed by atoms with Crippen LogP contribution in [0.2, 0.25) is 0 Å². The lowest BCUT2D eigenvalue weighted by Gasteiger charge is -2.32. The molecule has 1 aliphatic rings. The number of nitrogens with zero attached hydrogens (tertiary/aromatic N) is 2. The van der Waals surface area contributed by atoms with Gasteiger partial charge in [0, 0.05) is 6.04 Å². The lowest BCUT2D eigenvalue weighted by molar-refractivity contribution is 0.229. The molecule has 1 unspecified atom stereocenters. The summed E-state index contributed by atoms with van der Waals surface area (Å²) in [5.74, 6) is 0.888. The summed E-state index contributed by atoms with van der Waals surface area (Å²) in [5.41, 5.74) is 2.29. The number of benzene rings is 2. The van der Waals surface area contributed by atoms with Crippen molar-refractivity contribution in [2.24, 2.45) is 0 Å². The molecule has 0 aliphatic carbocycles. The second kappa shape index (κ2) is 7.74. The van der Waals surface area contributed by atoms with E-state index < -0.39 is 0 Å². The molecule has 3 aromatic rings. The normalized spacial score (nSPS) is 17.5. The summed E-state index contributed by atoms with van der Waals surface area (Å²) < 4.78 is 6.69. The highest BCUT2D eigenvalue weighted by Gasteiger charge is 2.24. The summed E-state index contributed by atoms with van der Waals surface area (Å²) in [5, 5.41) is 5.01. The zero-order valence-corrected chi connectivity index (χ0v) is 16.1. The molecule has 1 N–H and O–H groups in total. The highest BCUT2D eigenvalue weighted by atomic mass is 32.1. The van der Waals surface area contributed by atoms with Crippen molar-refractivity contribution in [2.45, 2.75) is 24.9 Å². The SMILES string of the molecule is COc1cccc(C(NC2CCN(C)CC2)c2nc3ccccc3s2)c1. The molecule has 1 aliphatic heterocycles. The molecule has 0 amide bonds. The highest BCUT2D eigenvalue weighted by molar-refractivity contribution is 7.18. The first-order valence-corrected chi connectivity index (χ1v) is 9.98. The molecule has 1 fully saturated rings.